The van der Waals surface area contributed by atoms with Crippen molar-refractivity contribution in [3.63, 3.8) is 0 Å². The third-order valence-electron chi connectivity index (χ3n) is 5.07. The van der Waals surface area contributed by atoms with Crippen molar-refractivity contribution >= 4 is 33.1 Å². The van der Waals surface area contributed by atoms with Gasteiger partial charge < -0.3 is 14.8 Å². The van der Waals surface area contributed by atoms with Crippen LogP contribution in [0.15, 0.2) is 18.2 Å². The van der Waals surface area contributed by atoms with Crippen molar-refractivity contribution in [2.75, 3.05) is 25.6 Å². The van der Waals surface area contributed by atoms with Gasteiger partial charge in [-0.15, -0.1) is 11.3 Å². The average molecular weight is 412 g/mol. The highest BCUT2D eigenvalue weighted by atomic mass is 32.1. The van der Waals surface area contributed by atoms with Crippen molar-refractivity contribution in [3.8, 4) is 5.75 Å². The van der Waals surface area contributed by atoms with E-state index in [1.54, 1.807) is 7.11 Å². The monoisotopic (exact) mass is 411 g/mol. The maximum absolute atomic E-state index is 13.1. The molecule has 152 valence electrons. The van der Waals surface area contributed by atoms with Gasteiger partial charge in [0, 0.05) is 18.4 Å². The zero-order valence-electron chi connectivity index (χ0n) is 17.2. The third-order valence-corrected chi connectivity index (χ3v) is 6.25. The Morgan fingerprint density at radius 3 is 2.72 bits per heavy atom. The molecule has 2 heterocycles. The van der Waals surface area contributed by atoms with Crippen LogP contribution in [-0.2, 0) is 4.74 Å². The molecule has 3 aromatic rings. The lowest BCUT2D eigenvalue weighted by atomic mass is 10.1. The number of aromatic nitrogens is 2. The summed E-state index contributed by atoms with van der Waals surface area (Å²) in [5.74, 6) is 1.88. The van der Waals surface area contributed by atoms with Crippen LogP contribution >= 0.6 is 11.3 Å². The van der Waals surface area contributed by atoms with Crippen molar-refractivity contribution in [1.29, 1.82) is 0 Å². The summed E-state index contributed by atoms with van der Waals surface area (Å²) in [6.45, 7) is 6.86. The third kappa shape index (κ3) is 4.11. The molecule has 7 heteroatoms. The van der Waals surface area contributed by atoms with Gasteiger partial charge in [-0.2, -0.15) is 0 Å². The van der Waals surface area contributed by atoms with Crippen LogP contribution in [0.1, 0.15) is 51.1 Å². The number of ether oxygens (including phenoxy) is 2. The molecule has 0 radical (unpaired) electrons. The van der Waals surface area contributed by atoms with E-state index < -0.39 is 0 Å². The Morgan fingerprint density at radius 2 is 2.00 bits per heavy atom. The van der Waals surface area contributed by atoms with Gasteiger partial charge in [0.25, 0.3) is 5.91 Å². The summed E-state index contributed by atoms with van der Waals surface area (Å²) in [6, 6.07) is 5.74. The summed E-state index contributed by atoms with van der Waals surface area (Å²) in [5.41, 5.74) is 3.59. The van der Waals surface area contributed by atoms with Crippen molar-refractivity contribution in [3.05, 3.63) is 45.7 Å². The second kappa shape index (κ2) is 8.08. The number of carbonyl (C=O) groups excluding carboxylic acids is 1. The van der Waals surface area contributed by atoms with Crippen LogP contribution in [0.25, 0.3) is 10.2 Å². The Balaban J connectivity index is 1.63. The van der Waals surface area contributed by atoms with Crippen molar-refractivity contribution < 1.29 is 14.3 Å². The number of methoxy groups -OCH3 is 1. The van der Waals surface area contributed by atoms with E-state index in [2.05, 4.69) is 10.3 Å². The van der Waals surface area contributed by atoms with Crippen LogP contribution in [0.4, 0.5) is 5.69 Å². The molecule has 0 saturated heterocycles. The molecular formula is C22H25N3O3S. The van der Waals surface area contributed by atoms with E-state index in [1.807, 2.05) is 39.0 Å². The summed E-state index contributed by atoms with van der Waals surface area (Å²) in [4.78, 5) is 24.1. The predicted octanol–water partition coefficient (Wildman–Crippen LogP) is 4.77. The number of hydrogen-bond donors (Lipinski definition) is 1. The number of anilines is 1. The van der Waals surface area contributed by atoms with Gasteiger partial charge in [0.05, 0.1) is 22.9 Å². The van der Waals surface area contributed by atoms with Crippen molar-refractivity contribution in [2.24, 2.45) is 0 Å². The van der Waals surface area contributed by atoms with E-state index in [9.17, 15) is 4.79 Å². The number of benzene rings is 1. The number of carbonyl (C=O) groups is 1. The average Bonchev–Trinajstić information content (AvgIpc) is 3.47. The zero-order chi connectivity index (χ0) is 20.5. The van der Waals surface area contributed by atoms with Crippen LogP contribution < -0.4 is 10.1 Å². The highest BCUT2D eigenvalue weighted by molar-refractivity contribution is 7.20. The van der Waals surface area contributed by atoms with Gasteiger partial charge in [-0.25, -0.2) is 9.97 Å². The minimum atomic E-state index is -0.154. The SMILES string of the molecule is COCCOc1cc(C)ccc1NC(=O)c1sc2nc(C3CC3)nc(C)c2c1C. The van der Waals surface area contributed by atoms with Gasteiger partial charge in [-0.1, -0.05) is 6.07 Å². The molecule has 1 aliphatic carbocycles. The number of rotatable bonds is 7. The van der Waals surface area contributed by atoms with Crippen LogP contribution in [0, 0.1) is 20.8 Å². The molecule has 0 aliphatic heterocycles. The molecule has 2 aromatic heterocycles. The van der Waals surface area contributed by atoms with Gasteiger partial charge in [-0.3, -0.25) is 4.79 Å². The predicted molar refractivity (Wildman–Crippen MR) is 115 cm³/mol. The van der Waals surface area contributed by atoms with E-state index in [0.717, 1.165) is 45.7 Å². The number of amides is 1. The topological polar surface area (TPSA) is 73.3 Å². The molecule has 0 spiro atoms. The van der Waals surface area contributed by atoms with Crippen LogP contribution in [0.3, 0.4) is 0 Å². The lowest BCUT2D eigenvalue weighted by Gasteiger charge is -2.13. The minimum absolute atomic E-state index is 0.154. The van der Waals surface area contributed by atoms with E-state index in [1.165, 1.54) is 11.3 Å². The van der Waals surface area contributed by atoms with E-state index in [4.69, 9.17) is 14.5 Å². The summed E-state index contributed by atoms with van der Waals surface area (Å²) < 4.78 is 10.8. The summed E-state index contributed by atoms with van der Waals surface area (Å²) >= 11 is 1.43. The number of aryl methyl sites for hydroxylation is 3. The van der Waals surface area contributed by atoms with E-state index in [0.29, 0.717) is 35.4 Å². The van der Waals surface area contributed by atoms with Crippen LogP contribution in [-0.4, -0.2) is 36.2 Å². The maximum atomic E-state index is 13.1. The first-order valence-corrected chi connectivity index (χ1v) is 10.6. The van der Waals surface area contributed by atoms with Gasteiger partial charge in [0.2, 0.25) is 0 Å². The number of nitrogens with one attached hydrogen (secondary N) is 1. The fourth-order valence-corrected chi connectivity index (χ4v) is 4.50. The highest BCUT2D eigenvalue weighted by Gasteiger charge is 2.28. The Kier molecular flexibility index (Phi) is 5.52. The van der Waals surface area contributed by atoms with Crippen molar-refractivity contribution in [1.82, 2.24) is 9.97 Å². The first-order chi connectivity index (χ1) is 14.0. The Labute approximate surface area is 174 Å². The number of hydrogen-bond acceptors (Lipinski definition) is 6. The molecule has 1 amide bonds. The largest absolute Gasteiger partial charge is 0.489 e. The Bertz CT molecular complexity index is 1070. The molecule has 0 unspecified atom stereocenters. The van der Waals surface area contributed by atoms with E-state index >= 15 is 0 Å². The van der Waals surface area contributed by atoms with Gasteiger partial charge in [-0.05, 0) is 56.9 Å². The molecular weight excluding hydrogens is 386 g/mol. The summed E-state index contributed by atoms with van der Waals surface area (Å²) in [6.07, 6.45) is 2.31. The molecule has 6 nitrogen and oxygen atoms in total. The minimum Gasteiger partial charge on any atom is -0.489 e. The molecule has 1 N–H and O–H groups in total. The van der Waals surface area contributed by atoms with Crippen LogP contribution in [0.5, 0.6) is 5.75 Å². The van der Waals surface area contributed by atoms with Gasteiger partial charge in [0.15, 0.2) is 0 Å². The molecule has 29 heavy (non-hydrogen) atoms. The number of fused-ring (bicyclic) bond motifs is 1. The van der Waals surface area contributed by atoms with Crippen LogP contribution in [0.2, 0.25) is 0 Å². The first kappa shape index (κ1) is 19.8. The molecule has 4 rings (SSSR count). The number of nitrogens with zero attached hydrogens (tertiary/aromatic N) is 2. The van der Waals surface area contributed by atoms with Gasteiger partial charge >= 0.3 is 0 Å². The molecule has 1 aromatic carbocycles. The maximum Gasteiger partial charge on any atom is 0.266 e. The fourth-order valence-electron chi connectivity index (χ4n) is 3.37. The Hall–Kier alpha value is -2.51. The molecule has 1 aliphatic rings. The molecule has 1 fully saturated rings. The lowest BCUT2D eigenvalue weighted by molar-refractivity contribution is 0.102. The first-order valence-electron chi connectivity index (χ1n) is 9.79. The summed E-state index contributed by atoms with van der Waals surface area (Å²) in [7, 11) is 1.63. The second-order valence-corrected chi connectivity index (χ2v) is 8.47. The molecule has 0 atom stereocenters. The standard InChI is InChI=1S/C22H25N3O3S/c1-12-5-8-16(17(11-12)28-10-9-27-4)24-21(26)19-13(2)18-14(3)23-20(15-6-7-15)25-22(18)29-19/h5,8,11,15H,6-7,9-10H2,1-4H3,(H,24,26). The fraction of sp³-hybridized carbons (Fsp3) is 0.409. The Morgan fingerprint density at radius 1 is 1.21 bits per heavy atom. The van der Waals surface area contributed by atoms with Crippen molar-refractivity contribution in [2.45, 2.75) is 39.5 Å². The summed E-state index contributed by atoms with van der Waals surface area (Å²) in [5, 5.41) is 4.00. The smallest absolute Gasteiger partial charge is 0.266 e. The quantitative estimate of drug-likeness (QED) is 0.567. The normalized spacial score (nSPS) is 13.7. The molecule has 1 saturated carbocycles. The molecule has 0 bridgehead atoms. The zero-order valence-corrected chi connectivity index (χ0v) is 18.0. The highest BCUT2D eigenvalue weighted by Crippen LogP contribution is 2.40. The number of thiophene rings is 1. The lowest BCUT2D eigenvalue weighted by Crippen LogP contribution is -2.13. The van der Waals surface area contributed by atoms with E-state index in [-0.39, 0.29) is 5.91 Å². The van der Waals surface area contributed by atoms with Gasteiger partial charge in [0.1, 0.15) is 23.0 Å². The second-order valence-electron chi connectivity index (χ2n) is 7.47.